The Morgan fingerprint density at radius 1 is 1.22 bits per heavy atom. The van der Waals surface area contributed by atoms with Crippen LogP contribution in [0.15, 0.2) is 48.7 Å². The van der Waals surface area contributed by atoms with Gasteiger partial charge in [0.2, 0.25) is 11.8 Å². The molecule has 6 heteroatoms. The molecule has 0 aliphatic heterocycles. The van der Waals surface area contributed by atoms with Gasteiger partial charge in [0.05, 0.1) is 17.8 Å². The van der Waals surface area contributed by atoms with Crippen LogP contribution in [0, 0.1) is 5.82 Å². The highest BCUT2D eigenvalue weighted by Gasteiger charge is 2.33. The Hall–Kier alpha value is -3.15. The molecule has 5 nitrogen and oxygen atoms in total. The van der Waals surface area contributed by atoms with Gasteiger partial charge in [-0.15, -0.1) is 0 Å². The summed E-state index contributed by atoms with van der Waals surface area (Å²) in [5, 5.41) is 3.77. The second-order valence-corrected chi connectivity index (χ2v) is 6.87. The molecular formula is C21H20FN3O2. The second kappa shape index (κ2) is 6.87. The molecule has 0 bridgehead atoms. The van der Waals surface area contributed by atoms with E-state index in [1.807, 2.05) is 30.5 Å². The summed E-state index contributed by atoms with van der Waals surface area (Å²) in [5.41, 5.74) is 2.69. The minimum absolute atomic E-state index is 0.115. The number of aromatic nitrogens is 1. The first-order valence-corrected chi connectivity index (χ1v) is 8.97. The predicted molar refractivity (Wildman–Crippen MR) is 103 cm³/mol. The molecule has 1 aromatic heterocycles. The van der Waals surface area contributed by atoms with Crippen LogP contribution in [0.4, 0.5) is 15.8 Å². The van der Waals surface area contributed by atoms with Gasteiger partial charge in [-0.25, -0.2) is 4.39 Å². The minimum Gasteiger partial charge on any atom is -0.361 e. The summed E-state index contributed by atoms with van der Waals surface area (Å²) in [6, 6.07) is 12.0. The van der Waals surface area contributed by atoms with Crippen LogP contribution in [0.3, 0.4) is 0 Å². The lowest BCUT2D eigenvalue weighted by Crippen LogP contribution is -2.32. The molecule has 27 heavy (non-hydrogen) atoms. The number of H-pyrrole nitrogens is 1. The Labute approximate surface area is 156 Å². The van der Waals surface area contributed by atoms with E-state index in [-0.39, 0.29) is 24.3 Å². The highest BCUT2D eigenvalue weighted by Crippen LogP contribution is 2.36. The quantitative estimate of drug-likeness (QED) is 0.718. The molecule has 1 heterocycles. The van der Waals surface area contributed by atoms with Crippen molar-refractivity contribution in [2.75, 3.05) is 10.2 Å². The molecular weight excluding hydrogens is 345 g/mol. The fourth-order valence-corrected chi connectivity index (χ4v) is 3.42. The van der Waals surface area contributed by atoms with Gasteiger partial charge >= 0.3 is 0 Å². The number of aromatic amines is 1. The molecule has 0 saturated heterocycles. The van der Waals surface area contributed by atoms with Crippen LogP contribution < -0.4 is 10.2 Å². The van der Waals surface area contributed by atoms with Gasteiger partial charge in [0.15, 0.2) is 0 Å². The van der Waals surface area contributed by atoms with E-state index < -0.39 is 5.82 Å². The third-order valence-corrected chi connectivity index (χ3v) is 4.77. The fraction of sp³-hybridized carbons (Fsp3) is 0.238. The van der Waals surface area contributed by atoms with Gasteiger partial charge in [-0.2, -0.15) is 0 Å². The molecule has 0 spiro atoms. The number of para-hydroxylation sites is 1. The van der Waals surface area contributed by atoms with Crippen molar-refractivity contribution in [2.45, 2.75) is 32.2 Å². The molecule has 4 rings (SSSR count). The maximum Gasteiger partial charge on any atom is 0.228 e. The number of amides is 2. The van der Waals surface area contributed by atoms with Gasteiger partial charge in [0.1, 0.15) is 5.82 Å². The standard InChI is InChI=1S/C21H20FN3O2/c1-13(26)25(16-7-8-16)20-9-6-15(22)11-19(20)24-21(27)10-14-12-23-18-5-3-2-4-17(14)18/h2-6,9,11-12,16,23H,7-8,10H2,1H3,(H,24,27). The molecule has 0 atom stereocenters. The number of carbonyl (C=O) groups is 2. The van der Waals surface area contributed by atoms with E-state index in [0.717, 1.165) is 29.3 Å². The number of nitrogens with zero attached hydrogens (tertiary/aromatic N) is 1. The summed E-state index contributed by atoms with van der Waals surface area (Å²) in [5.74, 6) is -0.831. The Kier molecular flexibility index (Phi) is 4.39. The highest BCUT2D eigenvalue weighted by atomic mass is 19.1. The smallest absolute Gasteiger partial charge is 0.228 e. The average molecular weight is 365 g/mol. The maximum absolute atomic E-state index is 13.8. The number of rotatable bonds is 5. The number of hydrogen-bond donors (Lipinski definition) is 2. The first kappa shape index (κ1) is 17.3. The van der Waals surface area contributed by atoms with Crippen LogP contribution in [0.5, 0.6) is 0 Å². The van der Waals surface area contributed by atoms with Crippen molar-refractivity contribution >= 4 is 34.1 Å². The van der Waals surface area contributed by atoms with Crippen LogP contribution in [0.2, 0.25) is 0 Å². The van der Waals surface area contributed by atoms with Crippen LogP contribution in [-0.4, -0.2) is 22.8 Å². The summed E-state index contributed by atoms with van der Waals surface area (Å²) in [6.45, 7) is 1.49. The molecule has 2 amide bonds. The Morgan fingerprint density at radius 3 is 2.74 bits per heavy atom. The van der Waals surface area contributed by atoms with Gasteiger partial charge < -0.3 is 15.2 Å². The van der Waals surface area contributed by atoms with Crippen molar-refractivity contribution in [1.82, 2.24) is 4.98 Å². The zero-order valence-electron chi connectivity index (χ0n) is 15.0. The number of carbonyl (C=O) groups excluding carboxylic acids is 2. The lowest BCUT2D eigenvalue weighted by atomic mass is 10.1. The maximum atomic E-state index is 13.8. The minimum atomic E-state index is -0.458. The summed E-state index contributed by atoms with van der Waals surface area (Å²) < 4.78 is 13.8. The van der Waals surface area contributed by atoms with Gasteiger partial charge in [-0.05, 0) is 42.7 Å². The Morgan fingerprint density at radius 2 is 2.00 bits per heavy atom. The molecule has 0 radical (unpaired) electrons. The van der Waals surface area contributed by atoms with E-state index in [2.05, 4.69) is 10.3 Å². The number of halogens is 1. The van der Waals surface area contributed by atoms with E-state index >= 15 is 0 Å². The molecule has 2 aromatic carbocycles. The van der Waals surface area contributed by atoms with Gasteiger partial charge in [0, 0.05) is 30.1 Å². The summed E-state index contributed by atoms with van der Waals surface area (Å²) in [4.78, 5) is 29.5. The first-order valence-electron chi connectivity index (χ1n) is 8.97. The van der Waals surface area contributed by atoms with E-state index in [1.165, 1.54) is 19.1 Å². The number of hydrogen-bond acceptors (Lipinski definition) is 2. The van der Waals surface area contributed by atoms with Crippen LogP contribution in [0.25, 0.3) is 10.9 Å². The number of anilines is 2. The largest absolute Gasteiger partial charge is 0.361 e. The molecule has 3 aromatic rings. The van der Waals surface area contributed by atoms with E-state index in [0.29, 0.717) is 11.4 Å². The topological polar surface area (TPSA) is 65.2 Å². The average Bonchev–Trinajstić information content (AvgIpc) is 3.38. The molecule has 1 aliphatic rings. The molecule has 138 valence electrons. The summed E-state index contributed by atoms with van der Waals surface area (Å²) in [7, 11) is 0. The predicted octanol–water partition coefficient (Wildman–Crippen LogP) is 4.00. The van der Waals surface area contributed by atoms with Crippen molar-refractivity contribution in [3.63, 3.8) is 0 Å². The van der Waals surface area contributed by atoms with Crippen molar-refractivity contribution < 1.29 is 14.0 Å². The van der Waals surface area contributed by atoms with Crippen molar-refractivity contribution in [2.24, 2.45) is 0 Å². The van der Waals surface area contributed by atoms with E-state index in [4.69, 9.17) is 0 Å². The SMILES string of the molecule is CC(=O)N(c1ccc(F)cc1NC(=O)Cc1c[nH]c2ccccc12)C1CC1. The van der Waals surface area contributed by atoms with Crippen molar-refractivity contribution in [3.05, 3.63) is 60.0 Å². The first-order chi connectivity index (χ1) is 13.0. The zero-order chi connectivity index (χ0) is 19.0. The van der Waals surface area contributed by atoms with Crippen LogP contribution in [-0.2, 0) is 16.0 Å². The monoisotopic (exact) mass is 365 g/mol. The zero-order valence-corrected chi connectivity index (χ0v) is 15.0. The van der Waals surface area contributed by atoms with Gasteiger partial charge in [-0.1, -0.05) is 18.2 Å². The van der Waals surface area contributed by atoms with Crippen LogP contribution in [0.1, 0.15) is 25.3 Å². The third kappa shape index (κ3) is 3.56. The third-order valence-electron chi connectivity index (χ3n) is 4.77. The number of nitrogens with one attached hydrogen (secondary N) is 2. The molecule has 0 unspecified atom stereocenters. The summed E-state index contributed by atoms with van der Waals surface area (Å²) >= 11 is 0. The summed E-state index contributed by atoms with van der Waals surface area (Å²) in [6.07, 6.45) is 3.80. The van der Waals surface area contributed by atoms with E-state index in [1.54, 1.807) is 11.0 Å². The van der Waals surface area contributed by atoms with Gasteiger partial charge in [0.25, 0.3) is 0 Å². The fourth-order valence-electron chi connectivity index (χ4n) is 3.42. The lowest BCUT2D eigenvalue weighted by molar-refractivity contribution is -0.117. The van der Waals surface area contributed by atoms with Crippen molar-refractivity contribution in [1.29, 1.82) is 0 Å². The lowest BCUT2D eigenvalue weighted by Gasteiger charge is -2.24. The second-order valence-electron chi connectivity index (χ2n) is 6.87. The number of fused-ring (bicyclic) bond motifs is 1. The molecule has 1 fully saturated rings. The molecule has 2 N–H and O–H groups in total. The highest BCUT2D eigenvalue weighted by molar-refractivity contribution is 6.02. The van der Waals surface area contributed by atoms with E-state index in [9.17, 15) is 14.0 Å². The normalized spacial score (nSPS) is 13.6. The number of benzene rings is 2. The molecule has 1 saturated carbocycles. The Balaban J connectivity index is 1.59. The van der Waals surface area contributed by atoms with Crippen LogP contribution >= 0.6 is 0 Å². The van der Waals surface area contributed by atoms with Gasteiger partial charge in [-0.3, -0.25) is 9.59 Å². The van der Waals surface area contributed by atoms with Crippen molar-refractivity contribution in [3.8, 4) is 0 Å². The Bertz CT molecular complexity index is 1020. The molecule has 1 aliphatic carbocycles.